The number of carbonyl (C=O) groups is 2. The van der Waals surface area contributed by atoms with E-state index in [2.05, 4.69) is 42.8 Å². The highest BCUT2D eigenvalue weighted by atomic mass is 16.5. The monoisotopic (exact) mass is 589 g/mol. The Balaban J connectivity index is 1.46. The van der Waals surface area contributed by atoms with Crippen LogP contribution in [0.4, 0.5) is 5.82 Å². The van der Waals surface area contributed by atoms with Gasteiger partial charge in [-0.15, -0.1) is 0 Å². The molecule has 42 heavy (non-hydrogen) atoms. The van der Waals surface area contributed by atoms with Gasteiger partial charge in [0.05, 0.1) is 25.5 Å². The van der Waals surface area contributed by atoms with Crippen molar-refractivity contribution in [3.63, 3.8) is 0 Å². The fourth-order valence-electron chi connectivity index (χ4n) is 4.65. The Labute approximate surface area is 244 Å². The van der Waals surface area contributed by atoms with Gasteiger partial charge in [-0.25, -0.2) is 15.0 Å². The van der Waals surface area contributed by atoms with Crippen LogP contribution in [0.2, 0.25) is 0 Å². The van der Waals surface area contributed by atoms with E-state index >= 15 is 0 Å². The van der Waals surface area contributed by atoms with E-state index in [9.17, 15) is 30.0 Å². The number of hydrogen-bond donors (Lipinski definition) is 8. The molecule has 2 aromatic rings. The van der Waals surface area contributed by atoms with E-state index in [4.69, 9.17) is 4.74 Å². The Morgan fingerprint density at radius 2 is 1.83 bits per heavy atom. The molecule has 8 N–H and O–H groups in total. The number of anilines is 1. The van der Waals surface area contributed by atoms with Crippen LogP contribution >= 0.6 is 0 Å². The number of rotatable bonds is 17. The number of unbranched alkanes of at least 4 members (excludes halogenated alkanes) is 7. The Morgan fingerprint density at radius 3 is 2.60 bits per heavy atom. The second-order valence-electron chi connectivity index (χ2n) is 10.2. The third-order valence-electron chi connectivity index (χ3n) is 6.97. The van der Waals surface area contributed by atoms with Crippen molar-refractivity contribution >= 4 is 28.8 Å². The lowest BCUT2D eigenvalue weighted by molar-refractivity contribution is -0.204. The summed E-state index contributed by atoms with van der Waals surface area (Å²) in [5, 5.41) is 49.2. The van der Waals surface area contributed by atoms with Gasteiger partial charge in [0.2, 0.25) is 11.8 Å². The maximum Gasteiger partial charge on any atom is 0.244 e. The van der Waals surface area contributed by atoms with Crippen LogP contribution in [0.3, 0.4) is 0 Å². The molecule has 3 rings (SSSR count). The van der Waals surface area contributed by atoms with Crippen LogP contribution in [0.5, 0.6) is 0 Å². The molecule has 1 aliphatic heterocycles. The molecule has 1 saturated heterocycles. The third-order valence-corrected chi connectivity index (χ3v) is 6.97. The predicted octanol–water partition coefficient (Wildman–Crippen LogP) is 0.419. The maximum absolute atomic E-state index is 12.6. The van der Waals surface area contributed by atoms with E-state index in [-0.39, 0.29) is 5.82 Å². The minimum Gasteiger partial charge on any atom is -0.394 e. The lowest BCUT2D eigenvalue weighted by atomic mass is 9.92. The number of nitrogens with one attached hydrogen (secondary N) is 4. The number of hydrogen-bond acceptors (Lipinski definition) is 11. The van der Waals surface area contributed by atoms with Gasteiger partial charge in [-0.2, -0.15) is 0 Å². The van der Waals surface area contributed by atoms with Crippen LogP contribution < -0.4 is 16.0 Å². The van der Waals surface area contributed by atoms with Crippen LogP contribution in [-0.4, -0.2) is 102 Å². The molecule has 2 aromatic heterocycles. The van der Waals surface area contributed by atoms with Crippen molar-refractivity contribution < 1.29 is 34.8 Å². The van der Waals surface area contributed by atoms with Crippen LogP contribution in [0.25, 0.3) is 11.2 Å². The summed E-state index contributed by atoms with van der Waals surface area (Å²) in [6, 6.07) is -1.30. The summed E-state index contributed by atoms with van der Waals surface area (Å²) in [4.78, 5) is 39.6. The lowest BCUT2D eigenvalue weighted by Gasteiger charge is -2.44. The van der Waals surface area contributed by atoms with Gasteiger partial charge < -0.3 is 46.1 Å². The highest BCUT2D eigenvalue weighted by Crippen LogP contribution is 2.26. The van der Waals surface area contributed by atoms with E-state index < -0.39 is 61.7 Å². The first-order valence-electron chi connectivity index (χ1n) is 14.5. The Bertz CT molecular complexity index is 1170. The largest absolute Gasteiger partial charge is 0.394 e. The minimum atomic E-state index is -1.61. The molecule has 14 heteroatoms. The Morgan fingerprint density at radius 1 is 1.07 bits per heavy atom. The average molecular weight is 590 g/mol. The highest BCUT2D eigenvalue weighted by Gasteiger charge is 2.48. The summed E-state index contributed by atoms with van der Waals surface area (Å²) in [6.07, 6.45) is 11.6. The minimum absolute atomic E-state index is 0.219. The third kappa shape index (κ3) is 9.84. The molecule has 0 bridgehead atoms. The first-order valence-corrected chi connectivity index (χ1v) is 14.5. The van der Waals surface area contributed by atoms with E-state index in [1.165, 1.54) is 57.3 Å². The van der Waals surface area contributed by atoms with Gasteiger partial charge >= 0.3 is 0 Å². The van der Waals surface area contributed by atoms with E-state index in [0.717, 1.165) is 12.8 Å². The molecule has 0 saturated carbocycles. The number of nitrogens with zero attached hydrogens (tertiary/aromatic N) is 3. The van der Waals surface area contributed by atoms with Crippen molar-refractivity contribution in [3.05, 3.63) is 37.0 Å². The van der Waals surface area contributed by atoms with E-state index in [1.807, 2.05) is 6.08 Å². The molecular weight excluding hydrogens is 546 g/mol. The second kappa shape index (κ2) is 17.5. The molecule has 6 atom stereocenters. The fraction of sp³-hybridized carbons (Fsp3) is 0.607. The number of allylic oxidation sites excluding steroid dienone is 3. The van der Waals surface area contributed by atoms with Crippen molar-refractivity contribution in [2.24, 2.45) is 0 Å². The standard InChI is InChI=1S/C28H43N7O7/c1-2-3-4-5-6-7-8-9-10-11-12-13-19(38)29-14-20(39)34-21-23(40)24(41)28(42-25(21)18(37)15-36)35-27-22-26(31-16-30-22)32-17-33-27/h10-13,16-18,21,23-25,28,36-37,40-41H,2-9,14-15H2,1H3,(H,29,38)(H,34,39)(H2,30,31,32,33,35)/b11-10+,13-12+/t18-,21-,23+,24+,25-,28-/m1/s1. The van der Waals surface area contributed by atoms with Crippen molar-refractivity contribution in [1.29, 1.82) is 0 Å². The number of ether oxygens (including phenoxy) is 1. The summed E-state index contributed by atoms with van der Waals surface area (Å²) >= 11 is 0. The molecule has 14 nitrogen and oxygen atoms in total. The van der Waals surface area contributed by atoms with Crippen molar-refractivity contribution in [2.75, 3.05) is 18.5 Å². The zero-order valence-corrected chi connectivity index (χ0v) is 23.9. The molecule has 232 valence electrons. The second-order valence-corrected chi connectivity index (χ2v) is 10.2. The number of aliphatic hydroxyl groups excluding tert-OH is 4. The number of carbonyl (C=O) groups excluding carboxylic acids is 2. The zero-order valence-electron chi connectivity index (χ0n) is 23.9. The van der Waals surface area contributed by atoms with Gasteiger partial charge in [-0.3, -0.25) is 9.59 Å². The average Bonchev–Trinajstić information content (AvgIpc) is 3.48. The summed E-state index contributed by atoms with van der Waals surface area (Å²) in [5.41, 5.74) is 0.776. The molecule has 0 aliphatic carbocycles. The first-order chi connectivity index (χ1) is 20.3. The van der Waals surface area contributed by atoms with Crippen LogP contribution in [-0.2, 0) is 14.3 Å². The van der Waals surface area contributed by atoms with Crippen molar-refractivity contribution in [1.82, 2.24) is 30.6 Å². The molecular formula is C28H43N7O7. The van der Waals surface area contributed by atoms with Gasteiger partial charge in [0.1, 0.15) is 36.3 Å². The smallest absolute Gasteiger partial charge is 0.244 e. The van der Waals surface area contributed by atoms with Crippen LogP contribution in [0.1, 0.15) is 58.3 Å². The molecule has 2 amide bonds. The number of aromatic amines is 1. The van der Waals surface area contributed by atoms with Crippen LogP contribution in [0.15, 0.2) is 37.0 Å². The van der Waals surface area contributed by atoms with Gasteiger partial charge in [0.25, 0.3) is 0 Å². The van der Waals surface area contributed by atoms with Gasteiger partial charge in [-0.1, -0.05) is 63.7 Å². The molecule has 1 fully saturated rings. The number of aliphatic hydroxyl groups is 4. The number of aromatic nitrogens is 4. The molecule has 0 spiro atoms. The maximum atomic E-state index is 12.6. The molecule has 3 heterocycles. The summed E-state index contributed by atoms with van der Waals surface area (Å²) < 4.78 is 5.77. The zero-order chi connectivity index (χ0) is 30.3. The number of fused-ring (bicyclic) bond motifs is 1. The van der Waals surface area contributed by atoms with Crippen LogP contribution in [0, 0.1) is 0 Å². The first kappa shape index (κ1) is 33.1. The predicted molar refractivity (Wildman–Crippen MR) is 155 cm³/mol. The molecule has 0 radical (unpaired) electrons. The fourth-order valence-corrected chi connectivity index (χ4v) is 4.65. The summed E-state index contributed by atoms with van der Waals surface area (Å²) in [6.45, 7) is 1.04. The van der Waals surface area contributed by atoms with Gasteiger partial charge in [-0.05, 0) is 12.8 Å². The lowest BCUT2D eigenvalue weighted by Crippen LogP contribution is -2.68. The van der Waals surface area contributed by atoms with Gasteiger partial charge in [0.15, 0.2) is 17.7 Å². The highest BCUT2D eigenvalue weighted by molar-refractivity contribution is 5.91. The van der Waals surface area contributed by atoms with E-state index in [1.54, 1.807) is 12.2 Å². The topological polar surface area (TPSA) is 215 Å². The van der Waals surface area contributed by atoms with Crippen molar-refractivity contribution in [2.45, 2.75) is 95.0 Å². The summed E-state index contributed by atoms with van der Waals surface area (Å²) in [7, 11) is 0. The molecule has 0 unspecified atom stereocenters. The number of H-pyrrole nitrogens is 1. The normalized spacial score (nSPS) is 23.4. The van der Waals surface area contributed by atoms with Gasteiger partial charge in [0, 0.05) is 6.08 Å². The number of imidazole rings is 1. The van der Waals surface area contributed by atoms with Crippen molar-refractivity contribution in [3.8, 4) is 0 Å². The number of amides is 2. The Hall–Kier alpha value is -3.43. The quantitative estimate of drug-likeness (QED) is 0.0719. The summed E-state index contributed by atoms with van der Waals surface area (Å²) in [5.74, 6) is -0.961. The molecule has 0 aromatic carbocycles. The SMILES string of the molecule is CCCCCCCCC/C=C/C=C/C(=O)NCC(=O)N[C@@H]1[C@H](O)[C@H](O)[C@H](Nc2ncnc3nc[nH]c23)O[C@@H]1[C@H](O)CO. The van der Waals surface area contributed by atoms with E-state index in [0.29, 0.717) is 11.2 Å². The Kier molecular flexibility index (Phi) is 13.8. The molecule has 1 aliphatic rings.